The van der Waals surface area contributed by atoms with Crippen molar-refractivity contribution in [3.63, 3.8) is 0 Å². The highest BCUT2D eigenvalue weighted by molar-refractivity contribution is 6.01. The van der Waals surface area contributed by atoms with Crippen molar-refractivity contribution >= 4 is 11.6 Å². The second-order valence-electron chi connectivity index (χ2n) is 9.13. The third-order valence-corrected chi connectivity index (χ3v) is 6.56. The molecule has 1 aromatic heterocycles. The first-order chi connectivity index (χ1) is 16.2. The largest absolute Gasteiger partial charge is 0.415 e. The lowest BCUT2D eigenvalue weighted by atomic mass is 9.58. The van der Waals surface area contributed by atoms with E-state index in [1.807, 2.05) is 38.1 Å². The third kappa shape index (κ3) is 5.23. The number of aliphatic hydroxyl groups is 1. The molecule has 1 aliphatic carbocycles. The summed E-state index contributed by atoms with van der Waals surface area (Å²) in [5.74, 6) is -0.324. The maximum atomic E-state index is 13.7. The van der Waals surface area contributed by atoms with E-state index in [4.69, 9.17) is 0 Å². The topological polar surface area (TPSA) is 74.7 Å². The number of likely N-dealkylation sites (tertiary alicyclic amines) is 1. The van der Waals surface area contributed by atoms with Crippen LogP contribution in [0.5, 0.6) is 5.88 Å². The van der Waals surface area contributed by atoms with Gasteiger partial charge in [-0.15, -0.1) is 0 Å². The number of carbonyl (C=O) groups is 1. The van der Waals surface area contributed by atoms with Gasteiger partial charge < -0.3 is 15.2 Å². The van der Waals surface area contributed by atoms with E-state index in [1.165, 1.54) is 0 Å². The van der Waals surface area contributed by atoms with Crippen molar-refractivity contribution < 1.29 is 23.4 Å². The van der Waals surface area contributed by atoms with Gasteiger partial charge >= 0.3 is 6.61 Å². The lowest BCUT2D eigenvalue weighted by molar-refractivity contribution is -0.131. The van der Waals surface area contributed by atoms with Crippen LogP contribution in [0.25, 0.3) is 0 Å². The summed E-state index contributed by atoms with van der Waals surface area (Å²) in [6.07, 6.45) is 0.883. The van der Waals surface area contributed by atoms with E-state index in [0.29, 0.717) is 31.6 Å². The van der Waals surface area contributed by atoms with E-state index in [2.05, 4.69) is 33.8 Å². The molecule has 1 aliphatic heterocycles. The maximum absolute atomic E-state index is 13.7. The minimum absolute atomic E-state index is 0.130. The van der Waals surface area contributed by atoms with Crippen molar-refractivity contribution in [1.29, 1.82) is 0 Å². The molecule has 186 valence electrons. The SMILES string of the molecule is CC.Cc1ccc(NC(=O)C2(c3ccccc3C(C)C)CC(N3CC(O)C3)C2)c(OC(F)F)n1. The van der Waals surface area contributed by atoms with E-state index in [9.17, 15) is 18.7 Å². The van der Waals surface area contributed by atoms with Gasteiger partial charge in [-0.3, -0.25) is 9.69 Å². The number of rotatable bonds is 7. The fourth-order valence-electron chi connectivity index (χ4n) is 4.80. The molecule has 0 atom stereocenters. The Labute approximate surface area is 200 Å². The highest BCUT2D eigenvalue weighted by Gasteiger charge is 2.55. The van der Waals surface area contributed by atoms with Crippen molar-refractivity contribution in [3.05, 3.63) is 53.2 Å². The van der Waals surface area contributed by atoms with Crippen molar-refractivity contribution in [2.75, 3.05) is 18.4 Å². The Morgan fingerprint density at radius 2 is 1.82 bits per heavy atom. The number of nitrogens with one attached hydrogen (secondary N) is 1. The molecule has 0 spiro atoms. The second kappa shape index (κ2) is 10.8. The number of aryl methyl sites for hydroxylation is 1. The lowest BCUT2D eigenvalue weighted by Gasteiger charge is -2.55. The first kappa shape index (κ1) is 26.0. The molecule has 1 amide bonds. The van der Waals surface area contributed by atoms with E-state index in [0.717, 1.165) is 11.1 Å². The molecule has 1 aromatic carbocycles. The third-order valence-electron chi connectivity index (χ3n) is 6.56. The summed E-state index contributed by atoms with van der Waals surface area (Å²) in [5, 5.41) is 12.5. The Balaban J connectivity index is 0.00000158. The molecule has 6 nitrogen and oxygen atoms in total. The number of alkyl halides is 2. The number of aliphatic hydroxyl groups excluding tert-OH is 1. The van der Waals surface area contributed by atoms with Gasteiger partial charge in [0.05, 0.1) is 11.5 Å². The number of amides is 1. The van der Waals surface area contributed by atoms with Gasteiger partial charge in [0.25, 0.3) is 0 Å². The van der Waals surface area contributed by atoms with Crippen molar-refractivity contribution in [2.24, 2.45) is 0 Å². The Morgan fingerprint density at radius 1 is 1.18 bits per heavy atom. The molecule has 2 aliphatic rings. The molecule has 1 saturated carbocycles. The average molecular weight is 476 g/mol. The Hall–Kier alpha value is -2.58. The molecule has 8 heteroatoms. The standard InChI is InChI=1S/C24H29F2N3O3.C2H6/c1-14(2)18-6-4-5-7-19(18)24(10-16(11-24)29-12-17(30)13-29)22(31)28-20-9-8-15(3)27-21(20)32-23(25)26;1-2/h4-9,14,16-17,23,30H,10-13H2,1-3H3,(H,28,31);1-2H3. The molecule has 34 heavy (non-hydrogen) atoms. The van der Waals surface area contributed by atoms with Crippen LogP contribution in [0.1, 0.15) is 63.3 Å². The summed E-state index contributed by atoms with van der Waals surface area (Å²) >= 11 is 0. The Bertz CT molecular complexity index is 987. The molecular weight excluding hydrogens is 440 g/mol. The number of anilines is 1. The Kier molecular flexibility index (Phi) is 8.25. The normalized spacial score (nSPS) is 22.5. The van der Waals surface area contributed by atoms with Gasteiger partial charge in [-0.1, -0.05) is 52.0 Å². The van der Waals surface area contributed by atoms with E-state index in [-0.39, 0.29) is 35.5 Å². The van der Waals surface area contributed by atoms with Crippen LogP contribution in [0, 0.1) is 6.92 Å². The molecule has 4 rings (SSSR count). The van der Waals surface area contributed by atoms with Crippen LogP contribution in [0.2, 0.25) is 0 Å². The van der Waals surface area contributed by atoms with E-state index in [1.54, 1.807) is 19.1 Å². The van der Waals surface area contributed by atoms with Crippen molar-refractivity contribution in [3.8, 4) is 5.88 Å². The monoisotopic (exact) mass is 475 g/mol. The van der Waals surface area contributed by atoms with Crippen LogP contribution < -0.4 is 10.1 Å². The predicted molar refractivity (Wildman–Crippen MR) is 128 cm³/mol. The lowest BCUT2D eigenvalue weighted by Crippen LogP contribution is -2.65. The molecule has 2 N–H and O–H groups in total. The zero-order valence-corrected chi connectivity index (χ0v) is 20.5. The molecular formula is C26H35F2N3O3. The van der Waals surface area contributed by atoms with Crippen LogP contribution >= 0.6 is 0 Å². The highest BCUT2D eigenvalue weighted by Crippen LogP contribution is 2.50. The maximum Gasteiger partial charge on any atom is 0.388 e. The summed E-state index contributed by atoms with van der Waals surface area (Å²) in [5.41, 5.74) is 1.90. The number of hydrogen-bond donors (Lipinski definition) is 2. The highest BCUT2D eigenvalue weighted by atomic mass is 19.3. The van der Waals surface area contributed by atoms with Crippen LogP contribution in [-0.2, 0) is 10.2 Å². The first-order valence-corrected chi connectivity index (χ1v) is 11.9. The van der Waals surface area contributed by atoms with Crippen molar-refractivity contribution in [2.45, 2.75) is 77.6 Å². The number of nitrogens with zero attached hydrogens (tertiary/aromatic N) is 2. The molecule has 1 saturated heterocycles. The molecule has 2 aromatic rings. The number of hydrogen-bond acceptors (Lipinski definition) is 5. The molecule has 0 unspecified atom stereocenters. The van der Waals surface area contributed by atoms with Gasteiger partial charge in [0, 0.05) is 24.8 Å². The van der Waals surface area contributed by atoms with Gasteiger partial charge in [-0.05, 0) is 48.9 Å². The number of ether oxygens (including phenoxy) is 1. The summed E-state index contributed by atoms with van der Waals surface area (Å²) in [6.45, 7) is 8.03. The number of β-amino-alcohol motifs (C(OH)–C–C–N with tert-alkyl or cyclic N) is 1. The van der Waals surface area contributed by atoms with Gasteiger partial charge in [0.1, 0.15) is 5.69 Å². The van der Waals surface area contributed by atoms with Gasteiger partial charge in [-0.2, -0.15) is 8.78 Å². The summed E-state index contributed by atoms with van der Waals surface area (Å²) < 4.78 is 30.4. The van der Waals surface area contributed by atoms with Crippen molar-refractivity contribution in [1.82, 2.24) is 9.88 Å². The number of carbonyl (C=O) groups excluding carboxylic acids is 1. The molecule has 0 bridgehead atoms. The minimum Gasteiger partial charge on any atom is -0.415 e. The first-order valence-electron chi connectivity index (χ1n) is 11.9. The van der Waals surface area contributed by atoms with E-state index >= 15 is 0 Å². The van der Waals surface area contributed by atoms with Gasteiger partial charge in [-0.25, -0.2) is 4.98 Å². The summed E-state index contributed by atoms with van der Waals surface area (Å²) in [7, 11) is 0. The smallest absolute Gasteiger partial charge is 0.388 e. The molecule has 0 radical (unpaired) electrons. The molecule has 2 heterocycles. The van der Waals surface area contributed by atoms with Crippen LogP contribution in [0.4, 0.5) is 14.5 Å². The number of halogens is 2. The minimum atomic E-state index is -3.04. The molecule has 2 fully saturated rings. The van der Waals surface area contributed by atoms with E-state index < -0.39 is 12.0 Å². The van der Waals surface area contributed by atoms with Gasteiger partial charge in [0.2, 0.25) is 11.8 Å². The second-order valence-corrected chi connectivity index (χ2v) is 9.13. The zero-order valence-electron chi connectivity index (χ0n) is 20.5. The quantitative estimate of drug-likeness (QED) is 0.599. The average Bonchev–Trinajstić information content (AvgIpc) is 2.75. The van der Waals surface area contributed by atoms with Crippen LogP contribution in [-0.4, -0.2) is 52.7 Å². The predicted octanol–water partition coefficient (Wildman–Crippen LogP) is 4.86. The summed E-state index contributed by atoms with van der Waals surface area (Å²) in [4.78, 5) is 19.9. The summed E-state index contributed by atoms with van der Waals surface area (Å²) in [6, 6.07) is 11.3. The Morgan fingerprint density at radius 3 is 2.41 bits per heavy atom. The van der Waals surface area contributed by atoms with Gasteiger partial charge in [0.15, 0.2) is 0 Å². The number of aromatic nitrogens is 1. The van der Waals surface area contributed by atoms with Crippen LogP contribution in [0.3, 0.4) is 0 Å². The fraction of sp³-hybridized carbons (Fsp3) is 0.538. The van der Waals surface area contributed by atoms with Crippen LogP contribution in [0.15, 0.2) is 36.4 Å². The zero-order chi connectivity index (χ0) is 25.0. The number of benzene rings is 1. The number of pyridine rings is 1. The fourth-order valence-corrected chi connectivity index (χ4v) is 4.80.